The number of fused-ring (bicyclic) bond motifs is 1. The molecule has 1 aliphatic carbocycles. The predicted octanol–water partition coefficient (Wildman–Crippen LogP) is 5.00. The molecule has 6 nitrogen and oxygen atoms in total. The van der Waals surface area contributed by atoms with E-state index in [0.717, 1.165) is 28.1 Å². The van der Waals surface area contributed by atoms with E-state index in [1.54, 1.807) is 6.92 Å². The minimum absolute atomic E-state index is 0.293. The topological polar surface area (TPSA) is 71.0 Å². The van der Waals surface area contributed by atoms with Crippen LogP contribution in [0.1, 0.15) is 41.7 Å². The van der Waals surface area contributed by atoms with E-state index in [4.69, 9.17) is 9.47 Å². The summed E-state index contributed by atoms with van der Waals surface area (Å²) in [5, 5.41) is 13.9. The Bertz CT molecular complexity index is 1090. The maximum atomic E-state index is 11.9. The van der Waals surface area contributed by atoms with Crippen LogP contribution in [0, 0.1) is 0 Å². The summed E-state index contributed by atoms with van der Waals surface area (Å²) in [5.74, 6) is 0.782. The molecular weight excluding hydrogens is 428 g/mol. The lowest BCUT2D eigenvalue weighted by Crippen LogP contribution is -2.42. The van der Waals surface area contributed by atoms with Gasteiger partial charge in [-0.15, -0.1) is 0 Å². The van der Waals surface area contributed by atoms with E-state index in [0.29, 0.717) is 32.6 Å². The van der Waals surface area contributed by atoms with Gasteiger partial charge in [0.2, 0.25) is 0 Å². The highest BCUT2D eigenvalue weighted by Crippen LogP contribution is 2.42. The highest BCUT2D eigenvalue weighted by molar-refractivity contribution is 5.69. The first-order chi connectivity index (χ1) is 16.6. The second kappa shape index (κ2) is 11.1. The molecule has 0 unspecified atom stereocenters. The van der Waals surface area contributed by atoms with Crippen molar-refractivity contribution in [2.45, 2.75) is 45.1 Å². The number of hydrogen-bond acceptors (Lipinski definition) is 5. The lowest BCUT2D eigenvalue weighted by molar-refractivity contribution is 0.0982. The van der Waals surface area contributed by atoms with Crippen molar-refractivity contribution in [3.05, 3.63) is 95.1 Å². The molecule has 0 spiro atoms. The van der Waals surface area contributed by atoms with Crippen LogP contribution in [0.25, 0.3) is 0 Å². The van der Waals surface area contributed by atoms with Crippen molar-refractivity contribution in [2.75, 3.05) is 18.6 Å². The van der Waals surface area contributed by atoms with Crippen molar-refractivity contribution < 1.29 is 19.4 Å². The third-order valence-corrected chi connectivity index (χ3v) is 6.15. The number of nitrogens with zero attached hydrogens (tertiary/aromatic N) is 1. The molecule has 0 heterocycles. The standard InChI is InChI=1S/C28H32N2O4/c1-3-33-28(32)29-24-16-14-22-23(27(24)31)15-17-25(34-19-21-12-8-5-9-13-21)26(22)30(2)18-20-10-6-4-7-11-20/h4-13,15,17,24,27,31H,3,14,16,18-19H2,1-2H3,(H,29,32)/t24-,27-/m1/s1. The number of aliphatic hydroxyl groups excluding tert-OH is 1. The van der Waals surface area contributed by atoms with E-state index in [1.165, 1.54) is 5.56 Å². The summed E-state index contributed by atoms with van der Waals surface area (Å²) in [7, 11) is 2.05. The van der Waals surface area contributed by atoms with Crippen LogP contribution in [0.4, 0.5) is 10.5 Å². The van der Waals surface area contributed by atoms with Gasteiger partial charge < -0.3 is 24.8 Å². The normalized spacial score (nSPS) is 16.9. The summed E-state index contributed by atoms with van der Waals surface area (Å²) in [4.78, 5) is 14.1. The number of nitrogens with one attached hydrogen (secondary N) is 1. The highest BCUT2D eigenvalue weighted by Gasteiger charge is 2.33. The van der Waals surface area contributed by atoms with E-state index in [-0.39, 0.29) is 0 Å². The number of anilines is 1. The third-order valence-electron chi connectivity index (χ3n) is 6.15. The van der Waals surface area contributed by atoms with Crippen molar-refractivity contribution in [3.8, 4) is 5.75 Å². The van der Waals surface area contributed by atoms with Gasteiger partial charge in [0.1, 0.15) is 12.4 Å². The molecule has 0 aliphatic heterocycles. The summed E-state index contributed by atoms with van der Waals surface area (Å²) >= 11 is 0. The highest BCUT2D eigenvalue weighted by atomic mass is 16.5. The fourth-order valence-electron chi connectivity index (χ4n) is 4.53. The zero-order valence-electron chi connectivity index (χ0n) is 19.7. The molecule has 1 amide bonds. The molecule has 0 radical (unpaired) electrons. The number of carbonyl (C=O) groups is 1. The van der Waals surface area contributed by atoms with Crippen LogP contribution in [0.2, 0.25) is 0 Å². The zero-order chi connectivity index (χ0) is 23.9. The number of hydrogen-bond donors (Lipinski definition) is 2. The van der Waals surface area contributed by atoms with Crippen LogP contribution in [-0.2, 0) is 24.3 Å². The maximum Gasteiger partial charge on any atom is 0.407 e. The Balaban J connectivity index is 1.64. The molecule has 6 heteroatoms. The number of amides is 1. The van der Waals surface area contributed by atoms with Crippen molar-refractivity contribution >= 4 is 11.8 Å². The second-order valence-electron chi connectivity index (χ2n) is 8.55. The van der Waals surface area contributed by atoms with E-state index in [2.05, 4.69) is 22.3 Å². The molecular formula is C28H32N2O4. The lowest BCUT2D eigenvalue weighted by atomic mass is 9.84. The van der Waals surface area contributed by atoms with Crippen molar-refractivity contribution in [2.24, 2.45) is 0 Å². The van der Waals surface area contributed by atoms with Crippen LogP contribution in [0.15, 0.2) is 72.8 Å². The fourth-order valence-corrected chi connectivity index (χ4v) is 4.53. The average Bonchev–Trinajstić information content (AvgIpc) is 2.85. The van der Waals surface area contributed by atoms with Crippen LogP contribution in [0.3, 0.4) is 0 Å². The van der Waals surface area contributed by atoms with Gasteiger partial charge in [-0.2, -0.15) is 0 Å². The van der Waals surface area contributed by atoms with Gasteiger partial charge in [-0.3, -0.25) is 0 Å². The number of aliphatic hydroxyl groups is 1. The Labute approximate surface area is 201 Å². The maximum absolute atomic E-state index is 11.9. The molecule has 2 atom stereocenters. The quantitative estimate of drug-likeness (QED) is 0.495. The molecule has 34 heavy (non-hydrogen) atoms. The van der Waals surface area contributed by atoms with Gasteiger partial charge >= 0.3 is 6.09 Å². The third kappa shape index (κ3) is 5.51. The van der Waals surface area contributed by atoms with Gasteiger partial charge in [-0.25, -0.2) is 4.79 Å². The number of carbonyl (C=O) groups excluding carboxylic acids is 1. The molecule has 0 fully saturated rings. The van der Waals surface area contributed by atoms with Gasteiger partial charge in [0, 0.05) is 13.6 Å². The lowest BCUT2D eigenvalue weighted by Gasteiger charge is -2.34. The molecule has 0 saturated carbocycles. The Hall–Kier alpha value is -3.51. The van der Waals surface area contributed by atoms with Crippen molar-refractivity contribution in [1.82, 2.24) is 5.32 Å². The largest absolute Gasteiger partial charge is 0.487 e. The minimum atomic E-state index is -0.819. The molecule has 2 N–H and O–H groups in total. The molecule has 0 aromatic heterocycles. The van der Waals surface area contributed by atoms with E-state index >= 15 is 0 Å². The summed E-state index contributed by atoms with van der Waals surface area (Å²) in [5.41, 5.74) is 5.13. The predicted molar refractivity (Wildman–Crippen MR) is 133 cm³/mol. The first kappa shape index (κ1) is 23.6. The van der Waals surface area contributed by atoms with Crippen LogP contribution < -0.4 is 15.0 Å². The molecule has 178 valence electrons. The van der Waals surface area contributed by atoms with Crippen molar-refractivity contribution in [1.29, 1.82) is 0 Å². The van der Waals surface area contributed by atoms with E-state index in [9.17, 15) is 9.90 Å². The van der Waals surface area contributed by atoms with Gasteiger partial charge in [-0.05, 0) is 48.1 Å². The van der Waals surface area contributed by atoms with Gasteiger partial charge in [0.05, 0.1) is 24.4 Å². The first-order valence-corrected chi connectivity index (χ1v) is 11.8. The smallest absolute Gasteiger partial charge is 0.407 e. The molecule has 3 aromatic rings. The van der Waals surface area contributed by atoms with Crippen LogP contribution in [-0.4, -0.2) is 30.9 Å². The van der Waals surface area contributed by atoms with Crippen LogP contribution in [0.5, 0.6) is 5.75 Å². The van der Waals surface area contributed by atoms with E-state index < -0.39 is 18.2 Å². The Morgan fingerprint density at radius 2 is 1.71 bits per heavy atom. The van der Waals surface area contributed by atoms with Crippen molar-refractivity contribution in [3.63, 3.8) is 0 Å². The van der Waals surface area contributed by atoms with Crippen LogP contribution >= 0.6 is 0 Å². The number of rotatable bonds is 8. The SMILES string of the molecule is CCOC(=O)N[C@@H]1CCc2c(ccc(OCc3ccccc3)c2N(C)Cc2ccccc2)[C@H]1O. The Morgan fingerprint density at radius 1 is 1.03 bits per heavy atom. The van der Waals surface area contributed by atoms with Gasteiger partial charge in [-0.1, -0.05) is 66.7 Å². The molecule has 3 aromatic carbocycles. The average molecular weight is 461 g/mol. The monoisotopic (exact) mass is 460 g/mol. The molecule has 0 bridgehead atoms. The molecule has 4 rings (SSSR count). The summed E-state index contributed by atoms with van der Waals surface area (Å²) in [6.07, 6.45) is 0.00123. The summed E-state index contributed by atoms with van der Waals surface area (Å²) in [6.45, 7) is 3.22. The molecule has 0 saturated heterocycles. The van der Waals surface area contributed by atoms with Gasteiger partial charge in [0.15, 0.2) is 0 Å². The minimum Gasteiger partial charge on any atom is -0.487 e. The number of ether oxygens (including phenoxy) is 2. The zero-order valence-corrected chi connectivity index (χ0v) is 19.7. The van der Waals surface area contributed by atoms with E-state index in [1.807, 2.05) is 67.7 Å². The number of benzene rings is 3. The Morgan fingerprint density at radius 3 is 2.38 bits per heavy atom. The summed E-state index contributed by atoms with van der Waals surface area (Å²) < 4.78 is 11.3. The fraction of sp³-hybridized carbons (Fsp3) is 0.321. The first-order valence-electron chi connectivity index (χ1n) is 11.8. The second-order valence-corrected chi connectivity index (χ2v) is 8.55. The summed E-state index contributed by atoms with van der Waals surface area (Å²) in [6, 6.07) is 23.8. The number of alkyl carbamates (subject to hydrolysis) is 1. The van der Waals surface area contributed by atoms with Gasteiger partial charge in [0.25, 0.3) is 0 Å². The Kier molecular flexibility index (Phi) is 7.70. The molecule has 1 aliphatic rings.